The fourth-order valence-electron chi connectivity index (χ4n) is 1.52. The molecule has 1 aromatic rings. The van der Waals surface area contributed by atoms with Crippen LogP contribution in [0.15, 0.2) is 15.5 Å². The number of rotatable bonds is 8. The summed E-state index contributed by atoms with van der Waals surface area (Å²) in [5, 5.41) is 9.76. The molecule has 20 heavy (non-hydrogen) atoms. The number of hydrogen-bond donors (Lipinski definition) is 2. The second kappa shape index (κ2) is 8.70. The predicted molar refractivity (Wildman–Crippen MR) is 79.9 cm³/mol. The van der Waals surface area contributed by atoms with Crippen LogP contribution in [0.3, 0.4) is 0 Å². The molecule has 0 unspecified atom stereocenters. The Hall–Kier alpha value is -1.41. The van der Waals surface area contributed by atoms with Crippen LogP contribution in [0.25, 0.3) is 0 Å². The Balaban J connectivity index is 2.61. The molecule has 1 heterocycles. The molecule has 0 saturated heterocycles. The van der Waals surface area contributed by atoms with Gasteiger partial charge in [-0.2, -0.15) is 5.10 Å². The van der Waals surface area contributed by atoms with E-state index in [-0.39, 0.29) is 11.5 Å². The van der Waals surface area contributed by atoms with Crippen LogP contribution in [0.2, 0.25) is 0 Å². The maximum atomic E-state index is 12.0. The van der Waals surface area contributed by atoms with Gasteiger partial charge in [-0.1, -0.05) is 0 Å². The Kier molecular flexibility index (Phi) is 7.24. The quantitative estimate of drug-likeness (QED) is 0.719. The second-order valence-electron chi connectivity index (χ2n) is 4.02. The molecule has 7 nitrogen and oxygen atoms in total. The first-order valence-corrected chi connectivity index (χ1v) is 7.14. The molecule has 0 radical (unpaired) electrons. The van der Waals surface area contributed by atoms with E-state index in [0.717, 1.165) is 0 Å². The molecule has 0 aliphatic rings. The molecule has 0 aliphatic carbocycles. The van der Waals surface area contributed by atoms with Gasteiger partial charge in [0.15, 0.2) is 0 Å². The topological polar surface area (TPSA) is 85.2 Å². The van der Waals surface area contributed by atoms with E-state index in [1.807, 2.05) is 6.92 Å². The Labute approximate surface area is 125 Å². The first kappa shape index (κ1) is 16.6. The van der Waals surface area contributed by atoms with Crippen LogP contribution >= 0.6 is 15.9 Å². The number of hydrogen-bond acceptors (Lipinski definition) is 5. The Morgan fingerprint density at radius 2 is 2.30 bits per heavy atom. The molecule has 0 aromatic carbocycles. The monoisotopic (exact) mass is 346 g/mol. The fraction of sp³-hybridized carbons (Fsp3) is 0.583. The van der Waals surface area contributed by atoms with E-state index in [1.165, 1.54) is 4.68 Å². The minimum absolute atomic E-state index is 0.0301. The number of anilines is 1. The molecule has 112 valence electrons. The van der Waals surface area contributed by atoms with Crippen molar-refractivity contribution in [1.29, 1.82) is 0 Å². The number of halogens is 1. The van der Waals surface area contributed by atoms with Crippen molar-refractivity contribution in [3.8, 4) is 0 Å². The molecule has 1 rings (SSSR count). The van der Waals surface area contributed by atoms with Gasteiger partial charge in [0.1, 0.15) is 4.47 Å². The summed E-state index contributed by atoms with van der Waals surface area (Å²) in [6.45, 7) is 3.73. The molecule has 8 heteroatoms. The molecule has 0 saturated carbocycles. The average Bonchev–Trinajstić information content (AvgIpc) is 2.43. The number of carbonyl (C=O) groups excluding carboxylic acids is 1. The molecule has 0 spiro atoms. The van der Waals surface area contributed by atoms with E-state index in [0.29, 0.717) is 42.8 Å². The zero-order valence-electron chi connectivity index (χ0n) is 11.6. The van der Waals surface area contributed by atoms with Gasteiger partial charge in [-0.25, -0.2) is 4.68 Å². The molecule has 0 bridgehead atoms. The Morgan fingerprint density at radius 3 is 2.95 bits per heavy atom. The molecule has 0 fully saturated rings. The van der Waals surface area contributed by atoms with Gasteiger partial charge in [0.25, 0.3) is 5.56 Å². The predicted octanol–water partition coefficient (Wildman–Crippen LogP) is 0.590. The summed E-state index contributed by atoms with van der Waals surface area (Å²) >= 11 is 3.24. The van der Waals surface area contributed by atoms with Crippen molar-refractivity contribution in [2.45, 2.75) is 19.9 Å². The smallest absolute Gasteiger partial charge is 0.283 e. The summed E-state index contributed by atoms with van der Waals surface area (Å²) < 4.78 is 6.63. The minimum atomic E-state index is -0.231. The molecule has 0 atom stereocenters. The lowest BCUT2D eigenvalue weighted by molar-refractivity contribution is -0.120. The minimum Gasteiger partial charge on any atom is -0.383 e. The van der Waals surface area contributed by atoms with Gasteiger partial charge in [0.2, 0.25) is 5.91 Å². The highest BCUT2D eigenvalue weighted by atomic mass is 79.9. The van der Waals surface area contributed by atoms with Gasteiger partial charge in [-0.15, -0.1) is 0 Å². The number of ether oxygens (including phenoxy) is 1. The lowest BCUT2D eigenvalue weighted by Crippen LogP contribution is -2.27. The third-order valence-corrected chi connectivity index (χ3v) is 3.30. The van der Waals surface area contributed by atoms with Crippen molar-refractivity contribution >= 4 is 27.5 Å². The lowest BCUT2D eigenvalue weighted by Gasteiger charge is -2.10. The summed E-state index contributed by atoms with van der Waals surface area (Å²) in [7, 11) is 1.57. The van der Waals surface area contributed by atoms with Crippen LogP contribution < -0.4 is 16.2 Å². The molecular formula is C12H19BrN4O3. The maximum absolute atomic E-state index is 12.0. The first-order chi connectivity index (χ1) is 9.60. The van der Waals surface area contributed by atoms with Crippen molar-refractivity contribution in [2.75, 3.05) is 32.1 Å². The van der Waals surface area contributed by atoms with E-state index in [9.17, 15) is 9.59 Å². The van der Waals surface area contributed by atoms with Crippen LogP contribution in [0, 0.1) is 0 Å². The second-order valence-corrected chi connectivity index (χ2v) is 4.82. The summed E-state index contributed by atoms with van der Waals surface area (Å²) in [6, 6.07) is 0. The SMILES string of the molecule is CCNC(=O)CCNc1cnn(CCOC)c(=O)c1Br. The number of methoxy groups -OCH3 is 1. The highest BCUT2D eigenvalue weighted by Gasteiger charge is 2.08. The van der Waals surface area contributed by atoms with Gasteiger partial charge < -0.3 is 15.4 Å². The zero-order chi connectivity index (χ0) is 15.0. The fourth-order valence-corrected chi connectivity index (χ4v) is 1.97. The molecule has 1 aromatic heterocycles. The average molecular weight is 347 g/mol. The summed E-state index contributed by atoms with van der Waals surface area (Å²) in [6.07, 6.45) is 1.89. The standard InChI is InChI=1S/C12H19BrN4O3/c1-3-14-10(18)4-5-15-9-8-16-17(6-7-20-2)12(19)11(9)13/h8,15H,3-7H2,1-2H3,(H,14,18). The van der Waals surface area contributed by atoms with Crippen LogP contribution in [0.5, 0.6) is 0 Å². The van der Waals surface area contributed by atoms with Gasteiger partial charge in [-0.3, -0.25) is 9.59 Å². The van der Waals surface area contributed by atoms with E-state index in [1.54, 1.807) is 13.3 Å². The van der Waals surface area contributed by atoms with Gasteiger partial charge in [-0.05, 0) is 22.9 Å². The number of carbonyl (C=O) groups is 1. The molecular weight excluding hydrogens is 328 g/mol. The number of amides is 1. The van der Waals surface area contributed by atoms with Crippen LogP contribution in [-0.2, 0) is 16.1 Å². The molecule has 2 N–H and O–H groups in total. The van der Waals surface area contributed by atoms with Gasteiger partial charge in [0.05, 0.1) is 25.0 Å². The van der Waals surface area contributed by atoms with Crippen molar-refractivity contribution in [1.82, 2.24) is 15.1 Å². The first-order valence-electron chi connectivity index (χ1n) is 6.35. The van der Waals surface area contributed by atoms with Crippen LogP contribution in [0.4, 0.5) is 5.69 Å². The lowest BCUT2D eigenvalue weighted by atomic mass is 10.3. The third-order valence-electron chi connectivity index (χ3n) is 2.53. The zero-order valence-corrected chi connectivity index (χ0v) is 13.2. The molecule has 0 aliphatic heterocycles. The van der Waals surface area contributed by atoms with Crippen molar-refractivity contribution in [3.63, 3.8) is 0 Å². The Morgan fingerprint density at radius 1 is 1.55 bits per heavy atom. The highest BCUT2D eigenvalue weighted by Crippen LogP contribution is 2.15. The number of nitrogens with zero attached hydrogens (tertiary/aromatic N) is 2. The summed E-state index contributed by atoms with van der Waals surface area (Å²) in [5.74, 6) is -0.0301. The van der Waals surface area contributed by atoms with Crippen molar-refractivity contribution < 1.29 is 9.53 Å². The van der Waals surface area contributed by atoms with Crippen molar-refractivity contribution in [3.05, 3.63) is 21.0 Å². The Bertz CT molecular complexity index is 504. The largest absolute Gasteiger partial charge is 0.383 e. The van der Waals surface area contributed by atoms with E-state index in [2.05, 4.69) is 31.7 Å². The van der Waals surface area contributed by atoms with E-state index >= 15 is 0 Å². The van der Waals surface area contributed by atoms with E-state index in [4.69, 9.17) is 4.74 Å². The highest BCUT2D eigenvalue weighted by molar-refractivity contribution is 9.10. The maximum Gasteiger partial charge on any atom is 0.283 e. The van der Waals surface area contributed by atoms with E-state index < -0.39 is 0 Å². The van der Waals surface area contributed by atoms with Crippen molar-refractivity contribution in [2.24, 2.45) is 0 Å². The number of aromatic nitrogens is 2. The normalized spacial score (nSPS) is 10.3. The van der Waals surface area contributed by atoms with Crippen LogP contribution in [0.1, 0.15) is 13.3 Å². The summed E-state index contributed by atoms with van der Waals surface area (Å²) in [5.41, 5.74) is 0.345. The summed E-state index contributed by atoms with van der Waals surface area (Å²) in [4.78, 5) is 23.3. The number of nitrogens with one attached hydrogen (secondary N) is 2. The van der Waals surface area contributed by atoms with Gasteiger partial charge >= 0.3 is 0 Å². The molecule has 1 amide bonds. The van der Waals surface area contributed by atoms with Crippen LogP contribution in [-0.4, -0.2) is 42.5 Å². The van der Waals surface area contributed by atoms with Gasteiger partial charge in [0, 0.05) is 26.6 Å². The third kappa shape index (κ3) is 4.93.